The third kappa shape index (κ3) is 3.83. The van der Waals surface area contributed by atoms with Crippen LogP contribution in [0.5, 0.6) is 0 Å². The second-order valence-electron chi connectivity index (χ2n) is 8.66. The average Bonchev–Trinajstić information content (AvgIpc) is 2.78. The van der Waals surface area contributed by atoms with Gasteiger partial charge in [0.25, 0.3) is 5.56 Å². The van der Waals surface area contributed by atoms with Crippen LogP contribution in [-0.2, 0) is 16.2 Å². The van der Waals surface area contributed by atoms with Gasteiger partial charge in [-0.2, -0.15) is 0 Å². The lowest BCUT2D eigenvalue weighted by molar-refractivity contribution is 0.00958. The average molecular weight is 369 g/mol. The molecule has 6 nitrogen and oxygen atoms in total. The Morgan fingerprint density at radius 1 is 1.32 bits per heavy atom. The zero-order valence-corrected chi connectivity index (χ0v) is 17.7. The summed E-state index contributed by atoms with van der Waals surface area (Å²) < 4.78 is 14.3. The molecule has 2 heterocycles. The summed E-state index contributed by atoms with van der Waals surface area (Å²) >= 11 is 0. The van der Waals surface area contributed by atoms with Gasteiger partial charge >= 0.3 is 5.69 Å². The number of nitrogens with one attached hydrogen (secondary N) is 1. The molecular weight excluding hydrogens is 336 g/mol. The lowest BCUT2D eigenvalue weighted by Crippen LogP contribution is -2.46. The highest BCUT2D eigenvalue weighted by molar-refractivity contribution is 6.74. The molecule has 1 aliphatic heterocycles. The first-order valence-corrected chi connectivity index (χ1v) is 11.9. The van der Waals surface area contributed by atoms with E-state index in [0.29, 0.717) is 5.56 Å². The summed E-state index contributed by atoms with van der Waals surface area (Å²) in [6.45, 7) is 15.2. The Balaban J connectivity index is 2.46. The molecule has 1 unspecified atom stereocenters. The van der Waals surface area contributed by atoms with E-state index in [1.165, 1.54) is 4.57 Å². The summed E-state index contributed by atoms with van der Waals surface area (Å²) in [5.41, 5.74) is -0.344. The van der Waals surface area contributed by atoms with Crippen LogP contribution in [0.3, 0.4) is 0 Å². The fraction of sp³-hybridized carbons (Fsp3) is 0.778. The van der Waals surface area contributed by atoms with Crippen LogP contribution in [0.1, 0.15) is 52.7 Å². The lowest BCUT2D eigenvalue weighted by Gasteiger charge is -2.40. The van der Waals surface area contributed by atoms with E-state index in [1.807, 2.05) is 0 Å². The molecule has 0 saturated carbocycles. The maximum absolute atomic E-state index is 12.4. The number of nitrogens with zero attached hydrogens (tertiary/aromatic N) is 1. The smallest absolute Gasteiger partial charge is 0.328 e. The number of hydrogen-bond acceptors (Lipinski definition) is 4. The van der Waals surface area contributed by atoms with Crippen molar-refractivity contribution in [2.75, 3.05) is 0 Å². The van der Waals surface area contributed by atoms with Gasteiger partial charge in [0.15, 0.2) is 8.32 Å². The van der Waals surface area contributed by atoms with Crippen molar-refractivity contribution in [1.82, 2.24) is 9.55 Å². The lowest BCUT2D eigenvalue weighted by atomic mass is 9.95. The van der Waals surface area contributed by atoms with Gasteiger partial charge in [-0.25, -0.2) is 4.79 Å². The van der Waals surface area contributed by atoms with E-state index < -0.39 is 20.1 Å². The van der Waals surface area contributed by atoms with Crippen LogP contribution in [0.25, 0.3) is 0 Å². The summed E-state index contributed by atoms with van der Waals surface area (Å²) in [6, 6.07) is 0. The van der Waals surface area contributed by atoms with Crippen molar-refractivity contribution in [2.24, 2.45) is 13.0 Å². The fourth-order valence-corrected chi connectivity index (χ4v) is 4.44. The summed E-state index contributed by atoms with van der Waals surface area (Å²) in [5, 5.41) is 0.0670. The van der Waals surface area contributed by atoms with Crippen molar-refractivity contribution in [3.05, 3.63) is 32.6 Å². The molecule has 2 rings (SSSR count). The number of aromatic amines is 1. The molecule has 1 aromatic heterocycles. The summed E-state index contributed by atoms with van der Waals surface area (Å²) in [5.74, 6) is 0.181. The first-order chi connectivity index (χ1) is 11.4. The minimum absolute atomic E-state index is 0.0383. The molecule has 1 fully saturated rings. The molecule has 1 N–H and O–H groups in total. The van der Waals surface area contributed by atoms with Crippen molar-refractivity contribution in [2.45, 2.75) is 77.5 Å². The Kier molecular flexibility index (Phi) is 5.52. The highest BCUT2D eigenvalue weighted by Crippen LogP contribution is 2.45. The minimum atomic E-state index is -2.03. The minimum Gasteiger partial charge on any atom is -0.411 e. The molecule has 0 bridgehead atoms. The first kappa shape index (κ1) is 20.1. The molecule has 7 heteroatoms. The molecular formula is C18H32N2O4Si. The molecule has 1 saturated heterocycles. The maximum Gasteiger partial charge on any atom is 0.328 e. The van der Waals surface area contributed by atoms with Crippen LogP contribution >= 0.6 is 0 Å². The van der Waals surface area contributed by atoms with Crippen LogP contribution in [-0.4, -0.2) is 30.1 Å². The number of hydrogen-bond donors (Lipinski definition) is 1. The zero-order chi connectivity index (χ0) is 19.2. The Labute approximate surface area is 150 Å². The zero-order valence-electron chi connectivity index (χ0n) is 16.7. The van der Waals surface area contributed by atoms with Gasteiger partial charge in [-0.1, -0.05) is 34.6 Å². The highest BCUT2D eigenvalue weighted by atomic mass is 28.4. The molecule has 0 aromatic carbocycles. The normalized spacial score (nSPS) is 27.7. The second kappa shape index (κ2) is 6.85. The molecule has 142 valence electrons. The van der Waals surface area contributed by atoms with E-state index >= 15 is 0 Å². The van der Waals surface area contributed by atoms with Gasteiger partial charge in [0, 0.05) is 19.2 Å². The van der Waals surface area contributed by atoms with Gasteiger partial charge in [-0.05, 0) is 24.6 Å². The van der Waals surface area contributed by atoms with E-state index in [4.69, 9.17) is 9.16 Å². The van der Waals surface area contributed by atoms with Gasteiger partial charge in [-0.3, -0.25) is 9.78 Å². The Bertz CT molecular complexity index is 732. The SMILES string of the molecule is CC[C@H]1O[C@@H](c2cn(C)c(=O)[nH]c2=O)[C@@H](O[Si](C)(C)C(C)(C)C)C1C. The van der Waals surface area contributed by atoms with Gasteiger partial charge in [0.1, 0.15) is 6.10 Å². The van der Waals surface area contributed by atoms with Crippen molar-refractivity contribution in [3.63, 3.8) is 0 Å². The van der Waals surface area contributed by atoms with Crippen LogP contribution in [0, 0.1) is 5.92 Å². The number of ether oxygens (including phenoxy) is 1. The van der Waals surface area contributed by atoms with E-state index in [1.54, 1.807) is 13.2 Å². The van der Waals surface area contributed by atoms with E-state index in [9.17, 15) is 9.59 Å². The van der Waals surface area contributed by atoms with Crippen LogP contribution in [0.2, 0.25) is 18.1 Å². The predicted molar refractivity (Wildman–Crippen MR) is 101 cm³/mol. The topological polar surface area (TPSA) is 73.3 Å². The second-order valence-corrected chi connectivity index (χ2v) is 13.4. The highest BCUT2D eigenvalue weighted by Gasteiger charge is 2.49. The van der Waals surface area contributed by atoms with Gasteiger partial charge in [-0.15, -0.1) is 0 Å². The standard InChI is InChI=1S/C18H32N2O4Si/c1-9-13-11(2)14(24-25(7,8)18(3,4)5)15(23-13)12-10-20(6)17(22)19-16(12)21/h10-11,13-15H,9H2,1-8H3,(H,19,21,22)/t11?,13-,14+,15+/m1/s1. The van der Waals surface area contributed by atoms with E-state index in [2.05, 4.69) is 52.7 Å². The van der Waals surface area contributed by atoms with E-state index in [-0.39, 0.29) is 28.7 Å². The number of H-pyrrole nitrogens is 1. The Morgan fingerprint density at radius 2 is 1.92 bits per heavy atom. The van der Waals surface area contributed by atoms with Crippen molar-refractivity contribution < 1.29 is 9.16 Å². The third-order valence-electron chi connectivity index (χ3n) is 5.81. The molecule has 1 aromatic rings. The largest absolute Gasteiger partial charge is 0.411 e. The summed E-state index contributed by atoms with van der Waals surface area (Å²) in [4.78, 5) is 26.4. The number of aromatic nitrogens is 2. The van der Waals surface area contributed by atoms with Crippen molar-refractivity contribution in [3.8, 4) is 0 Å². The molecule has 1 aliphatic rings. The van der Waals surface area contributed by atoms with Gasteiger partial charge in [0.2, 0.25) is 0 Å². The molecule has 25 heavy (non-hydrogen) atoms. The molecule has 0 radical (unpaired) electrons. The van der Waals surface area contributed by atoms with E-state index in [0.717, 1.165) is 6.42 Å². The Hall–Kier alpha value is -1.18. The van der Waals surface area contributed by atoms with Crippen LogP contribution < -0.4 is 11.2 Å². The quantitative estimate of drug-likeness (QED) is 0.829. The Morgan fingerprint density at radius 3 is 2.44 bits per heavy atom. The monoisotopic (exact) mass is 368 g/mol. The third-order valence-corrected chi connectivity index (χ3v) is 10.3. The molecule has 0 amide bonds. The molecule has 0 spiro atoms. The first-order valence-electron chi connectivity index (χ1n) is 9.02. The number of rotatable bonds is 4. The maximum atomic E-state index is 12.4. The fourth-order valence-electron chi connectivity index (χ4n) is 3.07. The van der Waals surface area contributed by atoms with Gasteiger partial charge < -0.3 is 13.7 Å². The van der Waals surface area contributed by atoms with Gasteiger partial charge in [0.05, 0.1) is 17.8 Å². The summed E-state index contributed by atoms with van der Waals surface area (Å²) in [7, 11) is -0.405. The summed E-state index contributed by atoms with van der Waals surface area (Å²) in [6.07, 6.45) is 1.84. The predicted octanol–water partition coefficient (Wildman–Crippen LogP) is 2.95. The van der Waals surface area contributed by atoms with Crippen molar-refractivity contribution in [1.29, 1.82) is 0 Å². The number of aryl methyl sites for hydroxylation is 1. The van der Waals surface area contributed by atoms with Crippen LogP contribution in [0.15, 0.2) is 15.8 Å². The van der Waals surface area contributed by atoms with Crippen molar-refractivity contribution >= 4 is 8.32 Å². The molecule has 4 atom stereocenters. The molecule has 0 aliphatic carbocycles. The van der Waals surface area contributed by atoms with Crippen LogP contribution in [0.4, 0.5) is 0 Å².